The molecular formula is C10H17N3O2S. The van der Waals surface area contributed by atoms with Crippen molar-refractivity contribution in [2.24, 2.45) is 5.92 Å². The molecule has 0 radical (unpaired) electrons. The Kier molecular flexibility index (Phi) is 3.88. The van der Waals surface area contributed by atoms with Crippen LogP contribution in [0.3, 0.4) is 0 Å². The van der Waals surface area contributed by atoms with Gasteiger partial charge < -0.3 is 5.73 Å². The molecule has 5 nitrogen and oxygen atoms in total. The summed E-state index contributed by atoms with van der Waals surface area (Å²) < 4.78 is 25.5. The Morgan fingerprint density at radius 2 is 2.12 bits per heavy atom. The maximum atomic E-state index is 12.1. The molecule has 0 amide bonds. The maximum absolute atomic E-state index is 12.1. The summed E-state index contributed by atoms with van der Waals surface area (Å²) in [5.41, 5.74) is 5.56. The number of hydrogen-bond donors (Lipinski definition) is 1. The van der Waals surface area contributed by atoms with Crippen molar-refractivity contribution in [3.8, 4) is 0 Å². The second kappa shape index (κ2) is 4.80. The first-order chi connectivity index (χ1) is 7.35. The third-order valence-corrected chi connectivity index (χ3v) is 3.98. The van der Waals surface area contributed by atoms with Gasteiger partial charge in [0.05, 0.1) is 0 Å². The Morgan fingerprint density at radius 1 is 1.50 bits per heavy atom. The average molecular weight is 243 g/mol. The molecule has 0 fully saturated rings. The predicted octanol–water partition coefficient (Wildman–Crippen LogP) is 0.940. The molecule has 1 rings (SSSR count). The van der Waals surface area contributed by atoms with E-state index in [1.807, 2.05) is 13.8 Å². The van der Waals surface area contributed by atoms with Crippen LogP contribution in [0.2, 0.25) is 0 Å². The molecule has 1 heterocycles. The fourth-order valence-corrected chi connectivity index (χ4v) is 2.80. The van der Waals surface area contributed by atoms with Crippen molar-refractivity contribution in [2.75, 3.05) is 19.3 Å². The molecule has 0 spiro atoms. The quantitative estimate of drug-likeness (QED) is 0.854. The van der Waals surface area contributed by atoms with Gasteiger partial charge in [-0.3, -0.25) is 0 Å². The second-order valence-electron chi connectivity index (χ2n) is 4.07. The van der Waals surface area contributed by atoms with Gasteiger partial charge in [0, 0.05) is 19.8 Å². The van der Waals surface area contributed by atoms with E-state index in [0.29, 0.717) is 6.54 Å². The van der Waals surface area contributed by atoms with Crippen molar-refractivity contribution in [2.45, 2.75) is 18.7 Å². The minimum absolute atomic E-state index is 0.0399. The summed E-state index contributed by atoms with van der Waals surface area (Å²) in [4.78, 5) is 3.85. The minimum atomic E-state index is -3.52. The van der Waals surface area contributed by atoms with Crippen LogP contribution in [0, 0.1) is 5.92 Å². The largest absolute Gasteiger partial charge is 0.383 e. The predicted molar refractivity (Wildman–Crippen MR) is 63.3 cm³/mol. The zero-order valence-electron chi connectivity index (χ0n) is 9.71. The third kappa shape index (κ3) is 2.70. The van der Waals surface area contributed by atoms with Crippen LogP contribution in [0.25, 0.3) is 0 Å². The fourth-order valence-electron chi connectivity index (χ4n) is 1.40. The highest BCUT2D eigenvalue weighted by atomic mass is 32.2. The highest BCUT2D eigenvalue weighted by Gasteiger charge is 2.23. The van der Waals surface area contributed by atoms with Gasteiger partial charge in [-0.2, -0.15) is 0 Å². The molecule has 2 N–H and O–H groups in total. The van der Waals surface area contributed by atoms with E-state index in [1.54, 1.807) is 13.1 Å². The zero-order valence-corrected chi connectivity index (χ0v) is 10.5. The second-order valence-corrected chi connectivity index (χ2v) is 6.08. The highest BCUT2D eigenvalue weighted by Crippen LogP contribution is 2.19. The monoisotopic (exact) mass is 243 g/mol. The summed E-state index contributed by atoms with van der Waals surface area (Å²) in [5, 5.41) is 0. The lowest BCUT2D eigenvalue weighted by molar-refractivity contribution is 0.417. The van der Waals surface area contributed by atoms with Gasteiger partial charge in [0.2, 0.25) is 10.0 Å². The maximum Gasteiger partial charge on any atom is 0.246 e. The molecule has 0 atom stereocenters. The van der Waals surface area contributed by atoms with E-state index in [0.717, 1.165) is 0 Å². The lowest BCUT2D eigenvalue weighted by atomic mass is 10.2. The van der Waals surface area contributed by atoms with Crippen LogP contribution < -0.4 is 5.73 Å². The van der Waals surface area contributed by atoms with Crippen molar-refractivity contribution < 1.29 is 8.42 Å². The summed E-state index contributed by atoms with van der Waals surface area (Å²) in [5.74, 6) is 0.302. The SMILES string of the molecule is CC(C)CN(C)S(=O)(=O)c1cccnc1N. The average Bonchev–Trinajstić information content (AvgIpc) is 2.16. The van der Waals surface area contributed by atoms with Crippen molar-refractivity contribution >= 4 is 15.8 Å². The molecule has 0 aromatic carbocycles. The topological polar surface area (TPSA) is 76.3 Å². The van der Waals surface area contributed by atoms with Crippen LogP contribution in [-0.2, 0) is 10.0 Å². The van der Waals surface area contributed by atoms with Crippen LogP contribution in [0.1, 0.15) is 13.8 Å². The van der Waals surface area contributed by atoms with E-state index >= 15 is 0 Å². The minimum Gasteiger partial charge on any atom is -0.383 e. The fraction of sp³-hybridized carbons (Fsp3) is 0.500. The summed E-state index contributed by atoms with van der Waals surface area (Å²) >= 11 is 0. The summed E-state index contributed by atoms with van der Waals surface area (Å²) in [6, 6.07) is 3.03. The van der Waals surface area contributed by atoms with Crippen molar-refractivity contribution in [1.82, 2.24) is 9.29 Å². The standard InChI is InChI=1S/C10H17N3O2S/c1-8(2)7-13(3)16(14,15)9-5-4-6-12-10(9)11/h4-6,8H,7H2,1-3H3,(H2,11,12). The highest BCUT2D eigenvalue weighted by molar-refractivity contribution is 7.89. The van der Waals surface area contributed by atoms with Crippen LogP contribution in [0.5, 0.6) is 0 Å². The van der Waals surface area contributed by atoms with E-state index < -0.39 is 10.0 Å². The van der Waals surface area contributed by atoms with E-state index in [9.17, 15) is 8.42 Å². The molecule has 1 aromatic heterocycles. The van der Waals surface area contributed by atoms with Gasteiger partial charge in [-0.05, 0) is 18.1 Å². The van der Waals surface area contributed by atoms with Crippen LogP contribution in [0.15, 0.2) is 23.2 Å². The van der Waals surface area contributed by atoms with Gasteiger partial charge in [0.15, 0.2) is 0 Å². The first-order valence-corrected chi connectivity index (χ1v) is 6.46. The number of pyridine rings is 1. The molecule has 0 aliphatic carbocycles. The van der Waals surface area contributed by atoms with Crippen LogP contribution in [0.4, 0.5) is 5.82 Å². The number of sulfonamides is 1. The molecule has 6 heteroatoms. The Morgan fingerprint density at radius 3 is 2.62 bits per heavy atom. The van der Waals surface area contributed by atoms with Gasteiger partial charge in [-0.15, -0.1) is 0 Å². The Balaban J connectivity index is 3.08. The molecule has 0 saturated heterocycles. The number of anilines is 1. The van der Waals surface area contributed by atoms with E-state index in [2.05, 4.69) is 4.98 Å². The Hall–Kier alpha value is -1.14. The first-order valence-electron chi connectivity index (χ1n) is 5.02. The van der Waals surface area contributed by atoms with Crippen molar-refractivity contribution in [3.05, 3.63) is 18.3 Å². The smallest absolute Gasteiger partial charge is 0.246 e. The van der Waals surface area contributed by atoms with Gasteiger partial charge in [0.25, 0.3) is 0 Å². The molecule has 1 aromatic rings. The normalized spacial score (nSPS) is 12.3. The van der Waals surface area contributed by atoms with Crippen molar-refractivity contribution in [3.63, 3.8) is 0 Å². The number of nitrogens with two attached hydrogens (primary N) is 1. The van der Waals surface area contributed by atoms with Gasteiger partial charge in [-0.1, -0.05) is 13.8 Å². The molecule has 0 saturated carbocycles. The number of aromatic nitrogens is 1. The Bertz CT molecular complexity index is 457. The molecular weight excluding hydrogens is 226 g/mol. The zero-order chi connectivity index (χ0) is 12.3. The summed E-state index contributed by atoms with van der Waals surface area (Å²) in [7, 11) is -1.98. The number of rotatable bonds is 4. The molecule has 0 aliphatic heterocycles. The lowest BCUT2D eigenvalue weighted by Crippen LogP contribution is -2.31. The third-order valence-electron chi connectivity index (χ3n) is 2.11. The van der Waals surface area contributed by atoms with Crippen LogP contribution >= 0.6 is 0 Å². The number of hydrogen-bond acceptors (Lipinski definition) is 4. The van der Waals surface area contributed by atoms with Crippen LogP contribution in [-0.4, -0.2) is 31.3 Å². The molecule has 90 valence electrons. The summed E-state index contributed by atoms with van der Waals surface area (Å²) in [6.45, 7) is 4.37. The number of nitrogens with zero attached hydrogens (tertiary/aromatic N) is 2. The number of nitrogen functional groups attached to an aromatic ring is 1. The summed E-state index contributed by atoms with van der Waals surface area (Å²) in [6.07, 6.45) is 1.47. The van der Waals surface area contributed by atoms with E-state index in [4.69, 9.17) is 5.73 Å². The molecule has 0 aliphatic rings. The molecule has 0 unspecified atom stereocenters. The first kappa shape index (κ1) is 12.9. The van der Waals surface area contributed by atoms with E-state index in [1.165, 1.54) is 16.6 Å². The van der Waals surface area contributed by atoms with Gasteiger partial charge >= 0.3 is 0 Å². The van der Waals surface area contributed by atoms with Crippen molar-refractivity contribution in [1.29, 1.82) is 0 Å². The van der Waals surface area contributed by atoms with Gasteiger partial charge in [0.1, 0.15) is 10.7 Å². The lowest BCUT2D eigenvalue weighted by Gasteiger charge is -2.19. The van der Waals surface area contributed by atoms with E-state index in [-0.39, 0.29) is 16.6 Å². The Labute approximate surface area is 96.3 Å². The molecule has 16 heavy (non-hydrogen) atoms. The molecule has 0 bridgehead atoms. The van der Waals surface area contributed by atoms with Gasteiger partial charge in [-0.25, -0.2) is 17.7 Å².